The summed E-state index contributed by atoms with van der Waals surface area (Å²) in [7, 11) is -2.86. The zero-order valence-electron chi connectivity index (χ0n) is 11.7. The summed E-state index contributed by atoms with van der Waals surface area (Å²) in [5.74, 6) is -0.868. The minimum Gasteiger partial charge on any atom is -0.748 e. The van der Waals surface area contributed by atoms with Gasteiger partial charge in [-0.3, -0.25) is 4.79 Å². The van der Waals surface area contributed by atoms with Gasteiger partial charge in [-0.2, -0.15) is 8.94 Å². The average molecular weight is 342 g/mol. The molecule has 0 saturated carbocycles. The van der Waals surface area contributed by atoms with Crippen molar-refractivity contribution in [3.05, 3.63) is 30.9 Å². The van der Waals surface area contributed by atoms with Gasteiger partial charge in [0.2, 0.25) is 6.54 Å². The van der Waals surface area contributed by atoms with E-state index in [-0.39, 0.29) is 19.0 Å². The van der Waals surface area contributed by atoms with Crippen LogP contribution >= 0.6 is 11.5 Å². The molecule has 0 aromatic carbocycles. The highest BCUT2D eigenvalue weighted by molar-refractivity contribution is 7.85. The molecule has 0 saturated heterocycles. The van der Waals surface area contributed by atoms with Gasteiger partial charge in [-0.1, -0.05) is 0 Å². The van der Waals surface area contributed by atoms with E-state index < -0.39 is 15.9 Å². The van der Waals surface area contributed by atoms with Gasteiger partial charge in [0.1, 0.15) is 11.3 Å². The lowest BCUT2D eigenvalue weighted by atomic mass is 10.3. The van der Waals surface area contributed by atoms with Gasteiger partial charge in [0.05, 0.1) is 15.9 Å². The lowest BCUT2D eigenvalue weighted by molar-refractivity contribution is -0.685. The summed E-state index contributed by atoms with van der Waals surface area (Å²) in [5.41, 5.74) is 0.900. The second-order valence-electron chi connectivity index (χ2n) is 4.58. The minimum absolute atomic E-state index is 0.0613. The number of carbonyl (C=O) groups is 1. The Balaban J connectivity index is 1.94. The predicted molar refractivity (Wildman–Crippen MR) is 77.7 cm³/mol. The number of amides is 1. The van der Waals surface area contributed by atoms with Crippen LogP contribution in [0.5, 0.6) is 0 Å². The molecular weight excluding hydrogens is 328 g/mol. The molecule has 0 N–H and O–H groups in total. The molecule has 2 rings (SSSR count). The first kappa shape index (κ1) is 16.5. The number of pyridine rings is 1. The zero-order chi connectivity index (χ0) is 16.2. The van der Waals surface area contributed by atoms with Gasteiger partial charge >= 0.3 is 0 Å². The van der Waals surface area contributed by atoms with E-state index in [9.17, 15) is 17.8 Å². The highest BCUT2D eigenvalue weighted by Gasteiger charge is 2.15. The Kier molecular flexibility index (Phi) is 5.16. The summed E-state index contributed by atoms with van der Waals surface area (Å²) in [6, 6.07) is 3.63. The molecule has 22 heavy (non-hydrogen) atoms. The van der Waals surface area contributed by atoms with Crippen LogP contribution in [-0.4, -0.2) is 52.5 Å². The molecule has 118 valence electrons. The summed E-state index contributed by atoms with van der Waals surface area (Å²) in [6.07, 6.45) is 4.93. The van der Waals surface area contributed by atoms with Crippen molar-refractivity contribution in [3.8, 4) is 10.6 Å². The molecule has 10 heteroatoms. The molecule has 0 radical (unpaired) electrons. The van der Waals surface area contributed by atoms with Crippen molar-refractivity contribution in [3.63, 3.8) is 0 Å². The van der Waals surface area contributed by atoms with Gasteiger partial charge in [0, 0.05) is 31.3 Å². The third-order valence-electron chi connectivity index (χ3n) is 2.92. The van der Waals surface area contributed by atoms with Gasteiger partial charge in [-0.15, -0.1) is 0 Å². The maximum absolute atomic E-state index is 11.9. The quantitative estimate of drug-likeness (QED) is 0.517. The van der Waals surface area contributed by atoms with Crippen molar-refractivity contribution in [1.82, 2.24) is 14.3 Å². The van der Waals surface area contributed by atoms with Crippen LogP contribution in [-0.2, 0) is 21.5 Å². The van der Waals surface area contributed by atoms with Gasteiger partial charge in [-0.25, -0.2) is 13.4 Å². The topological polar surface area (TPSA) is 107 Å². The third-order valence-corrected chi connectivity index (χ3v) is 4.32. The fraction of sp³-hybridized carbons (Fsp3) is 0.333. The second-order valence-corrected chi connectivity index (χ2v) is 6.89. The second kappa shape index (κ2) is 6.90. The zero-order valence-corrected chi connectivity index (χ0v) is 13.4. The highest BCUT2D eigenvalue weighted by atomic mass is 32.2. The van der Waals surface area contributed by atoms with Crippen molar-refractivity contribution >= 4 is 27.6 Å². The first-order valence-corrected chi connectivity index (χ1v) is 8.64. The molecule has 0 bridgehead atoms. The number of hydrogen-bond donors (Lipinski definition) is 0. The molecule has 0 aliphatic rings. The SMILES string of the molecule is CN(CCS(=O)(=O)[O-])C(=O)C[n+]1ccc(-c2ncns2)cc1. The molecule has 8 nitrogen and oxygen atoms in total. The fourth-order valence-electron chi connectivity index (χ4n) is 1.66. The van der Waals surface area contributed by atoms with E-state index in [1.54, 1.807) is 17.0 Å². The number of carbonyl (C=O) groups excluding carboxylic acids is 1. The molecule has 2 aromatic heterocycles. The summed E-state index contributed by atoms with van der Waals surface area (Å²) < 4.78 is 37.3. The smallest absolute Gasteiger partial charge is 0.288 e. The van der Waals surface area contributed by atoms with E-state index in [1.165, 1.54) is 29.8 Å². The van der Waals surface area contributed by atoms with E-state index in [2.05, 4.69) is 9.36 Å². The number of likely N-dealkylation sites (N-methyl/N-ethyl adjacent to an activating group) is 1. The summed E-state index contributed by atoms with van der Waals surface area (Å²) >= 11 is 1.28. The molecule has 0 aliphatic heterocycles. The van der Waals surface area contributed by atoms with Crippen molar-refractivity contribution in [2.75, 3.05) is 19.3 Å². The lowest BCUT2D eigenvalue weighted by Gasteiger charge is -2.16. The molecule has 0 atom stereocenters. The fourth-order valence-corrected chi connectivity index (χ4v) is 2.68. The maximum atomic E-state index is 11.9. The first-order chi connectivity index (χ1) is 10.3. The Bertz CT molecular complexity index is 729. The molecule has 1 amide bonds. The molecule has 0 unspecified atom stereocenters. The monoisotopic (exact) mass is 342 g/mol. The average Bonchev–Trinajstić information content (AvgIpc) is 2.99. The van der Waals surface area contributed by atoms with E-state index in [0.717, 1.165) is 10.6 Å². The maximum Gasteiger partial charge on any atom is 0.288 e. The summed E-state index contributed by atoms with van der Waals surface area (Å²) in [4.78, 5) is 17.2. The first-order valence-electron chi connectivity index (χ1n) is 6.29. The van der Waals surface area contributed by atoms with Crippen LogP contribution in [0.25, 0.3) is 10.6 Å². The van der Waals surface area contributed by atoms with Crippen LogP contribution in [0.15, 0.2) is 30.9 Å². The van der Waals surface area contributed by atoms with Gasteiger partial charge < -0.3 is 9.45 Å². The molecule has 0 fully saturated rings. The van der Waals surface area contributed by atoms with E-state index >= 15 is 0 Å². The largest absolute Gasteiger partial charge is 0.748 e. The standard InChI is InChI=1S/C12H14N4O4S2/c1-15(6-7-22(18,19)20)11(17)8-16-4-2-10(3-5-16)12-13-9-14-21-12/h2-5,9H,6-8H2,1H3. The number of nitrogens with zero attached hydrogens (tertiary/aromatic N) is 4. The molecular formula is C12H14N4O4S2. The Hall–Kier alpha value is -1.91. The number of aromatic nitrogens is 3. The molecule has 2 aromatic rings. The molecule has 0 spiro atoms. The normalized spacial score (nSPS) is 11.4. The van der Waals surface area contributed by atoms with Gasteiger partial charge in [0.15, 0.2) is 12.4 Å². The van der Waals surface area contributed by atoms with Crippen LogP contribution in [0.1, 0.15) is 0 Å². The van der Waals surface area contributed by atoms with Crippen LogP contribution in [0.4, 0.5) is 0 Å². The molecule has 0 aliphatic carbocycles. The van der Waals surface area contributed by atoms with Crippen LogP contribution in [0, 0.1) is 0 Å². The lowest BCUT2D eigenvalue weighted by Crippen LogP contribution is -2.44. The van der Waals surface area contributed by atoms with E-state index in [1.807, 2.05) is 12.1 Å². The van der Waals surface area contributed by atoms with Crippen molar-refractivity contribution in [2.24, 2.45) is 0 Å². The van der Waals surface area contributed by atoms with Crippen LogP contribution in [0.2, 0.25) is 0 Å². The number of hydrogen-bond acceptors (Lipinski definition) is 7. The molecule has 2 heterocycles. The van der Waals surface area contributed by atoms with Crippen LogP contribution in [0.3, 0.4) is 0 Å². The van der Waals surface area contributed by atoms with Crippen molar-refractivity contribution in [2.45, 2.75) is 6.54 Å². The Morgan fingerprint density at radius 2 is 2.09 bits per heavy atom. The third kappa shape index (κ3) is 4.83. The summed E-state index contributed by atoms with van der Waals surface area (Å²) in [5, 5.41) is 0.788. The van der Waals surface area contributed by atoms with E-state index in [0.29, 0.717) is 0 Å². The van der Waals surface area contributed by atoms with E-state index in [4.69, 9.17) is 0 Å². The number of rotatable bonds is 6. The Labute approximate surface area is 132 Å². The van der Waals surface area contributed by atoms with Gasteiger partial charge in [-0.05, 0) is 11.5 Å². The van der Waals surface area contributed by atoms with Crippen LogP contribution < -0.4 is 4.57 Å². The van der Waals surface area contributed by atoms with Crippen molar-refractivity contribution < 1.29 is 22.3 Å². The Morgan fingerprint density at radius 1 is 1.41 bits per heavy atom. The Morgan fingerprint density at radius 3 is 2.64 bits per heavy atom. The highest BCUT2D eigenvalue weighted by Crippen LogP contribution is 2.17. The van der Waals surface area contributed by atoms with Gasteiger partial charge in [0.25, 0.3) is 5.91 Å². The predicted octanol–water partition coefficient (Wildman–Crippen LogP) is -0.504. The summed E-state index contributed by atoms with van der Waals surface area (Å²) in [6.45, 7) is -0.0557. The minimum atomic E-state index is -4.32. The van der Waals surface area contributed by atoms with Crippen molar-refractivity contribution in [1.29, 1.82) is 0 Å².